The molecule has 92 valence electrons. The second-order valence-corrected chi connectivity index (χ2v) is 3.85. The van der Waals surface area contributed by atoms with E-state index in [4.69, 9.17) is 11.6 Å². The monoisotopic (exact) mass is 242 g/mol. The van der Waals surface area contributed by atoms with Crippen molar-refractivity contribution >= 4 is 23.9 Å². The molecule has 1 aliphatic heterocycles. The molecule has 0 radical (unpaired) electrons. The number of nitrogens with one attached hydrogen (secondary N) is 1. The average Bonchev–Trinajstić information content (AvgIpc) is 2.41. The molecular formula is C13H14N4O. The van der Waals surface area contributed by atoms with Crippen LogP contribution in [-0.2, 0) is 4.79 Å². The van der Waals surface area contributed by atoms with Crippen LogP contribution in [0, 0.1) is 5.92 Å². The summed E-state index contributed by atoms with van der Waals surface area (Å²) in [5, 5.41) is 0. The number of hydrazine groups is 1. The average molecular weight is 242 g/mol. The van der Waals surface area contributed by atoms with Crippen molar-refractivity contribution in [3.05, 3.63) is 47.7 Å². The zero-order valence-electron chi connectivity index (χ0n) is 9.71. The third-order valence-corrected chi connectivity index (χ3v) is 2.66. The first kappa shape index (κ1) is 12.1. The molecule has 1 aromatic rings. The van der Waals surface area contributed by atoms with Gasteiger partial charge in [0.1, 0.15) is 0 Å². The van der Waals surface area contributed by atoms with Gasteiger partial charge >= 0.3 is 0 Å². The minimum absolute atomic E-state index is 0.302. The van der Waals surface area contributed by atoms with E-state index >= 15 is 0 Å². The number of carbonyl (C=O) groups is 1. The molecule has 18 heavy (non-hydrogen) atoms. The van der Waals surface area contributed by atoms with Crippen molar-refractivity contribution < 1.29 is 4.79 Å². The van der Waals surface area contributed by atoms with Gasteiger partial charge in [-0.25, -0.2) is 5.84 Å². The van der Waals surface area contributed by atoms with Crippen LogP contribution in [0.3, 0.4) is 0 Å². The number of nitrogens with two attached hydrogens (primary N) is 2. The van der Waals surface area contributed by atoms with Gasteiger partial charge in [-0.1, -0.05) is 24.3 Å². The number of allylic oxidation sites excluding steroid dienone is 1. The van der Waals surface area contributed by atoms with Crippen molar-refractivity contribution in [2.24, 2.45) is 16.8 Å². The highest BCUT2D eigenvalue weighted by Crippen LogP contribution is 2.23. The van der Waals surface area contributed by atoms with E-state index in [1.807, 2.05) is 18.2 Å². The van der Waals surface area contributed by atoms with Gasteiger partial charge in [0.15, 0.2) is 0 Å². The van der Waals surface area contributed by atoms with Gasteiger partial charge in [-0.05, 0) is 23.8 Å². The number of aliphatic imine (C=N–C) groups is 1. The second-order valence-electron chi connectivity index (χ2n) is 3.85. The van der Waals surface area contributed by atoms with Crippen molar-refractivity contribution in [2.75, 3.05) is 5.73 Å². The largest absolute Gasteiger partial charge is 0.398 e. The van der Waals surface area contributed by atoms with Crippen molar-refractivity contribution in [1.29, 1.82) is 0 Å². The Bertz CT molecular complexity index is 546. The molecule has 0 fully saturated rings. The number of dihydropyridines is 1. The molecule has 5 heteroatoms. The van der Waals surface area contributed by atoms with E-state index in [0.29, 0.717) is 11.4 Å². The number of rotatable bonds is 2. The Balaban J connectivity index is 2.36. The molecular weight excluding hydrogens is 228 g/mol. The summed E-state index contributed by atoms with van der Waals surface area (Å²) in [5.74, 6) is 4.36. The van der Waals surface area contributed by atoms with E-state index in [9.17, 15) is 4.79 Å². The molecule has 1 aromatic carbocycles. The standard InChI is InChI=1S/C13H14N4O/c14-11-6-2-1-4-9(11)8-12-10(13(18)17-15)5-3-7-16-12/h1-8,10H,14-15H2,(H,17,18). The first-order chi connectivity index (χ1) is 8.72. The van der Waals surface area contributed by atoms with Gasteiger partial charge in [-0.15, -0.1) is 0 Å². The van der Waals surface area contributed by atoms with Crippen LogP contribution in [0.5, 0.6) is 0 Å². The summed E-state index contributed by atoms with van der Waals surface area (Å²) in [6.07, 6.45) is 6.87. The van der Waals surface area contributed by atoms with Crippen molar-refractivity contribution in [2.45, 2.75) is 0 Å². The van der Waals surface area contributed by atoms with E-state index in [1.165, 1.54) is 0 Å². The van der Waals surface area contributed by atoms with Crippen LogP contribution in [0.1, 0.15) is 5.56 Å². The summed E-state index contributed by atoms with van der Waals surface area (Å²) in [6.45, 7) is 0. The van der Waals surface area contributed by atoms with Gasteiger partial charge in [-0.2, -0.15) is 0 Å². The van der Waals surface area contributed by atoms with E-state index < -0.39 is 5.92 Å². The number of anilines is 1. The molecule has 1 heterocycles. The lowest BCUT2D eigenvalue weighted by molar-refractivity contribution is -0.122. The predicted molar refractivity (Wildman–Crippen MR) is 72.3 cm³/mol. The maximum atomic E-state index is 11.6. The number of nitrogen functional groups attached to an aromatic ring is 1. The van der Waals surface area contributed by atoms with Crippen LogP contribution in [-0.4, -0.2) is 12.1 Å². The minimum atomic E-state index is -0.486. The molecule has 5 nitrogen and oxygen atoms in total. The van der Waals surface area contributed by atoms with Gasteiger partial charge in [0.05, 0.1) is 11.6 Å². The molecule has 0 aliphatic carbocycles. The molecule has 0 spiro atoms. The maximum absolute atomic E-state index is 11.6. The molecule has 5 N–H and O–H groups in total. The summed E-state index contributed by atoms with van der Waals surface area (Å²) in [7, 11) is 0. The van der Waals surface area contributed by atoms with Crippen LogP contribution in [0.15, 0.2) is 47.1 Å². The third-order valence-electron chi connectivity index (χ3n) is 2.66. The lowest BCUT2D eigenvalue weighted by Crippen LogP contribution is -2.36. The van der Waals surface area contributed by atoms with E-state index in [-0.39, 0.29) is 5.91 Å². The Hall–Kier alpha value is -2.40. The molecule has 2 rings (SSSR count). The van der Waals surface area contributed by atoms with Gasteiger partial charge in [-0.3, -0.25) is 15.2 Å². The van der Waals surface area contributed by atoms with Crippen LogP contribution in [0.2, 0.25) is 0 Å². The van der Waals surface area contributed by atoms with Crippen molar-refractivity contribution in [1.82, 2.24) is 5.43 Å². The Kier molecular flexibility index (Phi) is 3.54. The predicted octanol–water partition coefficient (Wildman–Crippen LogP) is 0.856. The lowest BCUT2D eigenvalue weighted by atomic mass is 9.99. The number of nitrogens with zero attached hydrogens (tertiary/aromatic N) is 1. The van der Waals surface area contributed by atoms with Gasteiger partial charge in [0, 0.05) is 11.9 Å². The molecule has 0 saturated heterocycles. The number of carbonyl (C=O) groups excluding carboxylic acids is 1. The Morgan fingerprint density at radius 3 is 2.89 bits per heavy atom. The minimum Gasteiger partial charge on any atom is -0.398 e. The maximum Gasteiger partial charge on any atom is 0.246 e. The molecule has 1 unspecified atom stereocenters. The zero-order chi connectivity index (χ0) is 13.0. The smallest absolute Gasteiger partial charge is 0.246 e. The summed E-state index contributed by atoms with van der Waals surface area (Å²) in [6, 6.07) is 7.40. The third kappa shape index (κ3) is 2.46. The number of para-hydroxylation sites is 1. The Morgan fingerprint density at radius 1 is 1.39 bits per heavy atom. The highest BCUT2D eigenvalue weighted by atomic mass is 16.2. The molecule has 1 atom stereocenters. The van der Waals surface area contributed by atoms with Crippen LogP contribution < -0.4 is 17.0 Å². The molecule has 1 aliphatic rings. The number of amides is 1. The summed E-state index contributed by atoms with van der Waals surface area (Å²) >= 11 is 0. The van der Waals surface area contributed by atoms with Gasteiger partial charge < -0.3 is 5.73 Å². The highest BCUT2D eigenvalue weighted by Gasteiger charge is 2.20. The van der Waals surface area contributed by atoms with E-state index in [0.717, 1.165) is 5.56 Å². The van der Waals surface area contributed by atoms with E-state index in [2.05, 4.69) is 10.4 Å². The fraction of sp³-hybridized carbons (Fsp3) is 0.0769. The number of benzene rings is 1. The molecule has 0 saturated carbocycles. The first-order valence-electron chi connectivity index (χ1n) is 5.50. The second kappa shape index (κ2) is 5.29. The highest BCUT2D eigenvalue weighted by molar-refractivity contribution is 5.89. The van der Waals surface area contributed by atoms with Crippen LogP contribution >= 0.6 is 0 Å². The van der Waals surface area contributed by atoms with Gasteiger partial charge in [0.25, 0.3) is 0 Å². The number of hydrogen-bond acceptors (Lipinski definition) is 4. The molecule has 0 bridgehead atoms. The van der Waals surface area contributed by atoms with Gasteiger partial charge in [0.2, 0.25) is 5.91 Å². The first-order valence-corrected chi connectivity index (χ1v) is 5.50. The van der Waals surface area contributed by atoms with Crippen LogP contribution in [0.25, 0.3) is 6.08 Å². The molecule has 0 aromatic heterocycles. The Labute approximate surface area is 105 Å². The topological polar surface area (TPSA) is 93.5 Å². The quantitative estimate of drug-likeness (QED) is 0.311. The molecule has 1 amide bonds. The summed E-state index contributed by atoms with van der Waals surface area (Å²) in [4.78, 5) is 15.8. The summed E-state index contributed by atoms with van der Waals surface area (Å²) in [5.41, 5.74) is 10.1. The lowest BCUT2D eigenvalue weighted by Gasteiger charge is -2.14. The fourth-order valence-corrected chi connectivity index (χ4v) is 1.71. The number of hydrogen-bond donors (Lipinski definition) is 3. The van der Waals surface area contributed by atoms with Crippen LogP contribution in [0.4, 0.5) is 5.69 Å². The summed E-state index contributed by atoms with van der Waals surface area (Å²) < 4.78 is 0. The SMILES string of the molecule is NNC(=O)C1C=CC=NC1=Cc1ccccc1N. The Morgan fingerprint density at radius 2 is 2.17 bits per heavy atom. The van der Waals surface area contributed by atoms with Crippen molar-refractivity contribution in [3.63, 3.8) is 0 Å². The normalized spacial score (nSPS) is 20.1. The van der Waals surface area contributed by atoms with Crippen molar-refractivity contribution in [3.8, 4) is 0 Å². The van der Waals surface area contributed by atoms with E-state index in [1.54, 1.807) is 30.5 Å². The zero-order valence-corrected chi connectivity index (χ0v) is 9.71. The fourth-order valence-electron chi connectivity index (χ4n) is 1.71.